The molecule has 0 radical (unpaired) electrons. The third-order valence-corrected chi connectivity index (χ3v) is 1.83. The minimum absolute atomic E-state index is 0.00944. The molecule has 0 rings (SSSR count). The van der Waals surface area contributed by atoms with Gasteiger partial charge in [0.25, 0.3) is 0 Å². The summed E-state index contributed by atoms with van der Waals surface area (Å²) in [5.74, 6) is -0.387. The summed E-state index contributed by atoms with van der Waals surface area (Å²) in [5, 5.41) is 21.3. The second-order valence-electron chi connectivity index (χ2n) is 3.50. The monoisotopic (exact) mass is 219 g/mol. The lowest BCUT2D eigenvalue weighted by molar-refractivity contribution is -0.145. The minimum atomic E-state index is -0.724. The van der Waals surface area contributed by atoms with Gasteiger partial charge < -0.3 is 20.3 Å². The molecule has 0 heterocycles. The third kappa shape index (κ3) is 9.65. The van der Waals surface area contributed by atoms with Gasteiger partial charge in [0, 0.05) is 6.54 Å². The molecule has 0 fully saturated rings. The van der Waals surface area contributed by atoms with Crippen LogP contribution in [0.3, 0.4) is 0 Å². The van der Waals surface area contributed by atoms with E-state index in [-0.39, 0.29) is 18.5 Å². The van der Waals surface area contributed by atoms with Gasteiger partial charge in [-0.1, -0.05) is 0 Å². The predicted molar refractivity (Wildman–Crippen MR) is 56.4 cm³/mol. The summed E-state index contributed by atoms with van der Waals surface area (Å²) in [6.07, 6.45) is -0.431. The summed E-state index contributed by atoms with van der Waals surface area (Å²) >= 11 is 0. The van der Waals surface area contributed by atoms with Gasteiger partial charge in [-0.05, 0) is 26.8 Å². The predicted octanol–water partition coefficient (Wildman–Crippen LogP) is -0.339. The van der Waals surface area contributed by atoms with Gasteiger partial charge in [-0.2, -0.15) is 0 Å². The zero-order chi connectivity index (χ0) is 11.7. The van der Waals surface area contributed by atoms with Crippen LogP contribution in [0.5, 0.6) is 0 Å². The fourth-order valence-electron chi connectivity index (χ4n) is 1.06. The Kier molecular flexibility index (Phi) is 8.27. The average molecular weight is 219 g/mol. The molecule has 0 aliphatic rings. The van der Waals surface area contributed by atoms with Crippen LogP contribution >= 0.6 is 0 Å². The molecule has 0 saturated heterocycles. The van der Waals surface area contributed by atoms with Crippen molar-refractivity contribution in [3.05, 3.63) is 0 Å². The molecule has 0 aromatic rings. The Morgan fingerprint density at radius 1 is 1.47 bits per heavy atom. The summed E-state index contributed by atoms with van der Waals surface area (Å²) in [4.78, 5) is 10.9. The smallest absolute Gasteiger partial charge is 0.308 e. The molecule has 0 aromatic carbocycles. The van der Waals surface area contributed by atoms with Crippen molar-refractivity contribution in [2.45, 2.75) is 38.9 Å². The summed E-state index contributed by atoms with van der Waals surface area (Å²) in [6, 6.07) is 0. The van der Waals surface area contributed by atoms with Gasteiger partial charge in [0.15, 0.2) is 0 Å². The molecule has 0 aromatic heterocycles. The van der Waals surface area contributed by atoms with Crippen molar-refractivity contribution >= 4 is 5.97 Å². The van der Waals surface area contributed by atoms with Crippen LogP contribution in [-0.4, -0.2) is 48.1 Å². The first-order valence-electron chi connectivity index (χ1n) is 5.28. The van der Waals surface area contributed by atoms with E-state index in [0.29, 0.717) is 26.1 Å². The topological polar surface area (TPSA) is 78.8 Å². The summed E-state index contributed by atoms with van der Waals surface area (Å²) in [5.41, 5.74) is 0. The minimum Gasteiger partial charge on any atom is -0.466 e. The van der Waals surface area contributed by atoms with Gasteiger partial charge in [0.1, 0.15) is 0 Å². The fourth-order valence-corrected chi connectivity index (χ4v) is 1.06. The molecule has 3 N–H and O–H groups in total. The van der Waals surface area contributed by atoms with Crippen LogP contribution in [0.15, 0.2) is 0 Å². The normalized spacial score (nSPS) is 14.7. The van der Waals surface area contributed by atoms with E-state index in [2.05, 4.69) is 5.32 Å². The van der Waals surface area contributed by atoms with Crippen molar-refractivity contribution in [1.82, 2.24) is 5.32 Å². The van der Waals surface area contributed by atoms with E-state index in [0.717, 1.165) is 0 Å². The van der Waals surface area contributed by atoms with Crippen LogP contribution < -0.4 is 5.32 Å². The second-order valence-corrected chi connectivity index (χ2v) is 3.50. The number of hydrogen-bond acceptors (Lipinski definition) is 5. The van der Waals surface area contributed by atoms with Gasteiger partial charge in [0.05, 0.1) is 25.2 Å². The van der Waals surface area contributed by atoms with Gasteiger partial charge in [-0.15, -0.1) is 0 Å². The third-order valence-electron chi connectivity index (χ3n) is 1.83. The number of aliphatic hydroxyl groups excluding tert-OH is 2. The standard InChI is InChI=1S/C10H21NO4/c1-3-15-10(14)6-9(13)7-11-5-4-8(2)12/h8-9,11-13H,3-7H2,1-2H3. The molecule has 0 spiro atoms. The van der Waals surface area contributed by atoms with E-state index in [1.165, 1.54) is 0 Å². The maximum absolute atomic E-state index is 10.9. The molecule has 0 amide bonds. The van der Waals surface area contributed by atoms with Gasteiger partial charge in [0.2, 0.25) is 0 Å². The molecule has 0 aliphatic carbocycles. The SMILES string of the molecule is CCOC(=O)CC(O)CNCCC(C)O. The van der Waals surface area contributed by atoms with Crippen molar-refractivity contribution in [1.29, 1.82) is 0 Å². The maximum atomic E-state index is 10.9. The number of aliphatic hydroxyl groups is 2. The number of ether oxygens (including phenoxy) is 1. The molecule has 2 unspecified atom stereocenters. The Morgan fingerprint density at radius 2 is 2.13 bits per heavy atom. The average Bonchev–Trinajstić information content (AvgIpc) is 2.12. The van der Waals surface area contributed by atoms with Crippen LogP contribution in [0.2, 0.25) is 0 Å². The van der Waals surface area contributed by atoms with Crippen molar-refractivity contribution in [2.75, 3.05) is 19.7 Å². The number of esters is 1. The molecular weight excluding hydrogens is 198 g/mol. The lowest BCUT2D eigenvalue weighted by Crippen LogP contribution is -2.30. The lowest BCUT2D eigenvalue weighted by atomic mass is 10.2. The van der Waals surface area contributed by atoms with Crippen LogP contribution in [0.4, 0.5) is 0 Å². The zero-order valence-corrected chi connectivity index (χ0v) is 9.40. The molecule has 0 bridgehead atoms. The van der Waals surface area contributed by atoms with E-state index >= 15 is 0 Å². The van der Waals surface area contributed by atoms with Crippen molar-refractivity contribution < 1.29 is 19.7 Å². The zero-order valence-electron chi connectivity index (χ0n) is 9.40. The van der Waals surface area contributed by atoms with E-state index in [1.54, 1.807) is 13.8 Å². The van der Waals surface area contributed by atoms with Crippen LogP contribution in [0, 0.1) is 0 Å². The molecule has 15 heavy (non-hydrogen) atoms. The van der Waals surface area contributed by atoms with Gasteiger partial charge in [-0.25, -0.2) is 0 Å². The van der Waals surface area contributed by atoms with E-state index in [4.69, 9.17) is 9.84 Å². The number of nitrogens with one attached hydrogen (secondary N) is 1. The summed E-state index contributed by atoms with van der Waals surface area (Å²) in [6.45, 7) is 4.73. The highest BCUT2D eigenvalue weighted by molar-refractivity contribution is 5.69. The lowest BCUT2D eigenvalue weighted by Gasteiger charge is -2.11. The Labute approximate surface area is 90.4 Å². The Balaban J connectivity index is 3.40. The molecule has 5 nitrogen and oxygen atoms in total. The van der Waals surface area contributed by atoms with Crippen molar-refractivity contribution in [2.24, 2.45) is 0 Å². The fraction of sp³-hybridized carbons (Fsp3) is 0.900. The molecule has 2 atom stereocenters. The van der Waals surface area contributed by atoms with Crippen molar-refractivity contribution in [3.8, 4) is 0 Å². The second kappa shape index (κ2) is 8.64. The first-order chi connectivity index (χ1) is 7.06. The molecular formula is C10H21NO4. The van der Waals surface area contributed by atoms with Gasteiger partial charge in [-0.3, -0.25) is 4.79 Å². The summed E-state index contributed by atoms with van der Waals surface area (Å²) in [7, 11) is 0. The van der Waals surface area contributed by atoms with E-state index < -0.39 is 6.10 Å². The molecule has 0 saturated carbocycles. The van der Waals surface area contributed by atoms with Crippen molar-refractivity contribution in [3.63, 3.8) is 0 Å². The Hall–Kier alpha value is -0.650. The summed E-state index contributed by atoms with van der Waals surface area (Å²) < 4.78 is 4.69. The first kappa shape index (κ1) is 14.3. The number of rotatable bonds is 8. The molecule has 5 heteroatoms. The highest BCUT2D eigenvalue weighted by atomic mass is 16.5. The first-order valence-corrected chi connectivity index (χ1v) is 5.28. The maximum Gasteiger partial charge on any atom is 0.308 e. The molecule has 0 aliphatic heterocycles. The van der Waals surface area contributed by atoms with E-state index in [1.807, 2.05) is 0 Å². The highest BCUT2D eigenvalue weighted by Gasteiger charge is 2.10. The number of carbonyl (C=O) groups excluding carboxylic acids is 1. The van der Waals surface area contributed by atoms with Crippen LogP contribution in [-0.2, 0) is 9.53 Å². The Bertz CT molecular complexity index is 173. The quantitative estimate of drug-likeness (QED) is 0.384. The van der Waals surface area contributed by atoms with Gasteiger partial charge >= 0.3 is 5.97 Å². The molecule has 90 valence electrons. The highest BCUT2D eigenvalue weighted by Crippen LogP contribution is 1.94. The largest absolute Gasteiger partial charge is 0.466 e. The Morgan fingerprint density at radius 3 is 2.67 bits per heavy atom. The number of hydrogen-bond donors (Lipinski definition) is 3. The number of carbonyl (C=O) groups is 1. The van der Waals surface area contributed by atoms with Crippen LogP contribution in [0.1, 0.15) is 26.7 Å². The van der Waals surface area contributed by atoms with E-state index in [9.17, 15) is 9.90 Å². The van der Waals surface area contributed by atoms with Crippen LogP contribution in [0.25, 0.3) is 0 Å².